The van der Waals surface area contributed by atoms with E-state index in [2.05, 4.69) is 10.0 Å². The van der Waals surface area contributed by atoms with Crippen LogP contribution < -0.4 is 14.8 Å². The van der Waals surface area contributed by atoms with E-state index in [0.29, 0.717) is 24.3 Å². The Morgan fingerprint density at radius 3 is 2.23 bits per heavy atom. The van der Waals surface area contributed by atoms with Crippen LogP contribution in [0.5, 0.6) is 5.75 Å². The van der Waals surface area contributed by atoms with Gasteiger partial charge in [0.2, 0.25) is 15.9 Å². The molecule has 0 unspecified atom stereocenters. The molecule has 8 heteroatoms. The van der Waals surface area contributed by atoms with Crippen molar-refractivity contribution in [3.8, 4) is 5.75 Å². The highest BCUT2D eigenvalue weighted by molar-refractivity contribution is 7.93. The molecule has 0 bridgehead atoms. The van der Waals surface area contributed by atoms with E-state index in [4.69, 9.17) is 4.74 Å². The monoisotopic (exact) mass is 434 g/mol. The Labute approximate surface area is 176 Å². The number of halogens is 1. The van der Waals surface area contributed by atoms with E-state index in [-0.39, 0.29) is 11.9 Å². The highest BCUT2D eigenvalue weighted by Crippen LogP contribution is 2.38. The predicted molar refractivity (Wildman–Crippen MR) is 114 cm³/mol. The van der Waals surface area contributed by atoms with Crippen molar-refractivity contribution in [3.05, 3.63) is 59.9 Å². The minimum absolute atomic E-state index is 0.0141. The van der Waals surface area contributed by atoms with Crippen LogP contribution in [0.15, 0.2) is 48.5 Å². The number of sulfonamides is 1. The number of hydrogen-bond acceptors (Lipinski definition) is 4. The van der Waals surface area contributed by atoms with Crippen LogP contribution in [0.2, 0.25) is 0 Å². The molecule has 0 radical (unpaired) electrons. The number of anilines is 1. The summed E-state index contributed by atoms with van der Waals surface area (Å²) in [5.41, 5.74) is 0.490. The molecule has 0 atom stereocenters. The van der Waals surface area contributed by atoms with Crippen LogP contribution in [0.4, 0.5) is 10.1 Å². The van der Waals surface area contributed by atoms with Crippen molar-refractivity contribution < 1.29 is 22.3 Å². The molecular formula is C22H27FN2O4S. The molecule has 3 rings (SSSR count). The first kappa shape index (κ1) is 22.1. The highest BCUT2D eigenvalue weighted by atomic mass is 32.2. The molecular weight excluding hydrogens is 407 g/mol. The summed E-state index contributed by atoms with van der Waals surface area (Å²) < 4.78 is 46.2. The molecule has 162 valence electrons. The molecule has 1 fully saturated rings. The normalized spacial score (nSPS) is 15.7. The largest absolute Gasteiger partial charge is 0.491 e. The Kier molecular flexibility index (Phi) is 6.65. The molecule has 1 saturated carbocycles. The van der Waals surface area contributed by atoms with E-state index in [9.17, 15) is 17.6 Å². The van der Waals surface area contributed by atoms with Crippen LogP contribution in [-0.2, 0) is 20.4 Å². The summed E-state index contributed by atoms with van der Waals surface area (Å²) in [5, 5.41) is 2.90. The fourth-order valence-electron chi connectivity index (χ4n) is 3.80. The number of amides is 1. The molecule has 2 aromatic rings. The fraction of sp³-hybridized carbons (Fsp3) is 0.409. The van der Waals surface area contributed by atoms with Crippen molar-refractivity contribution in [2.45, 2.75) is 51.2 Å². The number of rotatable bonds is 8. The van der Waals surface area contributed by atoms with Crippen molar-refractivity contribution in [3.63, 3.8) is 0 Å². The topological polar surface area (TPSA) is 84.5 Å². The quantitative estimate of drug-likeness (QED) is 0.659. The minimum atomic E-state index is -3.89. The molecule has 2 N–H and O–H groups in total. The van der Waals surface area contributed by atoms with Gasteiger partial charge in [0, 0.05) is 5.69 Å². The number of hydrogen-bond donors (Lipinski definition) is 2. The first-order chi connectivity index (χ1) is 14.2. The van der Waals surface area contributed by atoms with Crippen LogP contribution in [-0.4, -0.2) is 26.2 Å². The molecule has 0 aliphatic heterocycles. The van der Waals surface area contributed by atoms with Crippen LogP contribution in [0.25, 0.3) is 0 Å². The van der Waals surface area contributed by atoms with Gasteiger partial charge in [0.05, 0.1) is 11.6 Å². The number of carbonyl (C=O) groups is 1. The van der Waals surface area contributed by atoms with E-state index in [0.717, 1.165) is 18.4 Å². The van der Waals surface area contributed by atoms with Gasteiger partial charge in [0.1, 0.15) is 17.3 Å². The van der Waals surface area contributed by atoms with Gasteiger partial charge in [0.15, 0.2) is 0 Å². The van der Waals surface area contributed by atoms with Gasteiger partial charge in [-0.1, -0.05) is 25.0 Å². The second kappa shape index (κ2) is 9.04. The van der Waals surface area contributed by atoms with Crippen LogP contribution in [0, 0.1) is 5.82 Å². The minimum Gasteiger partial charge on any atom is -0.491 e. The van der Waals surface area contributed by atoms with Gasteiger partial charge in [-0.2, -0.15) is 0 Å². The van der Waals surface area contributed by atoms with Gasteiger partial charge < -0.3 is 10.1 Å². The summed E-state index contributed by atoms with van der Waals surface area (Å²) in [4.78, 5) is 12.6. The molecule has 1 aliphatic carbocycles. The summed E-state index contributed by atoms with van der Waals surface area (Å²) in [7, 11) is -3.89. The maximum Gasteiger partial charge on any atom is 0.241 e. The lowest BCUT2D eigenvalue weighted by Crippen LogP contribution is -2.46. The maximum atomic E-state index is 13.3. The van der Waals surface area contributed by atoms with E-state index in [1.807, 2.05) is 13.8 Å². The zero-order chi connectivity index (χ0) is 21.8. The first-order valence-corrected chi connectivity index (χ1v) is 11.7. The standard InChI is InChI=1S/C22H27FN2O4S/c1-16(2)29-20-11-9-19(10-12-20)25-30(27,28)15-21(26)24-22(13-3-4-14-22)17-5-7-18(23)8-6-17/h5-12,16,25H,3-4,13-15H2,1-2H3,(H,24,26). The van der Waals surface area contributed by atoms with Crippen LogP contribution in [0.1, 0.15) is 45.1 Å². The third-order valence-electron chi connectivity index (χ3n) is 5.05. The highest BCUT2D eigenvalue weighted by Gasteiger charge is 2.37. The number of ether oxygens (including phenoxy) is 1. The Morgan fingerprint density at radius 1 is 1.07 bits per heavy atom. The average molecular weight is 435 g/mol. The molecule has 30 heavy (non-hydrogen) atoms. The fourth-order valence-corrected chi connectivity index (χ4v) is 4.78. The summed E-state index contributed by atoms with van der Waals surface area (Å²) in [6.45, 7) is 3.80. The molecule has 0 aromatic heterocycles. The van der Waals surface area contributed by atoms with Crippen LogP contribution >= 0.6 is 0 Å². The molecule has 1 amide bonds. The molecule has 2 aromatic carbocycles. The van der Waals surface area contributed by atoms with Gasteiger partial charge in [-0.25, -0.2) is 12.8 Å². The van der Waals surface area contributed by atoms with E-state index < -0.39 is 27.2 Å². The SMILES string of the molecule is CC(C)Oc1ccc(NS(=O)(=O)CC(=O)NC2(c3ccc(F)cc3)CCCC2)cc1. The Bertz CT molecular complexity index is 967. The third kappa shape index (κ3) is 5.72. The van der Waals surface area contributed by atoms with Crippen molar-refractivity contribution in [1.29, 1.82) is 0 Å². The van der Waals surface area contributed by atoms with Crippen molar-refractivity contribution >= 4 is 21.6 Å². The zero-order valence-electron chi connectivity index (χ0n) is 17.2. The molecule has 0 spiro atoms. The molecule has 0 heterocycles. The Balaban J connectivity index is 1.65. The number of benzene rings is 2. The van der Waals surface area contributed by atoms with Gasteiger partial charge in [-0.3, -0.25) is 9.52 Å². The van der Waals surface area contributed by atoms with Crippen molar-refractivity contribution in [2.75, 3.05) is 10.5 Å². The van der Waals surface area contributed by atoms with E-state index in [1.54, 1.807) is 36.4 Å². The van der Waals surface area contributed by atoms with Crippen molar-refractivity contribution in [1.82, 2.24) is 5.32 Å². The van der Waals surface area contributed by atoms with Crippen molar-refractivity contribution in [2.24, 2.45) is 0 Å². The van der Waals surface area contributed by atoms with E-state index >= 15 is 0 Å². The lowest BCUT2D eigenvalue weighted by molar-refractivity contribution is -0.120. The predicted octanol–water partition coefficient (Wildman–Crippen LogP) is 3.94. The molecule has 6 nitrogen and oxygen atoms in total. The second-order valence-corrected chi connectivity index (χ2v) is 9.62. The lowest BCUT2D eigenvalue weighted by Gasteiger charge is -2.31. The summed E-state index contributed by atoms with van der Waals surface area (Å²) in [5.74, 6) is -1.00. The maximum absolute atomic E-state index is 13.3. The van der Waals surface area contributed by atoms with Gasteiger partial charge in [-0.05, 0) is 68.7 Å². The van der Waals surface area contributed by atoms with Crippen LogP contribution in [0.3, 0.4) is 0 Å². The van der Waals surface area contributed by atoms with Gasteiger partial charge in [-0.15, -0.1) is 0 Å². The lowest BCUT2D eigenvalue weighted by atomic mass is 9.88. The Hall–Kier alpha value is -2.61. The third-order valence-corrected chi connectivity index (χ3v) is 6.24. The summed E-state index contributed by atoms with van der Waals surface area (Å²) in [6.07, 6.45) is 3.21. The number of carbonyl (C=O) groups excluding carboxylic acids is 1. The Morgan fingerprint density at radius 2 is 1.67 bits per heavy atom. The zero-order valence-corrected chi connectivity index (χ0v) is 18.0. The second-order valence-electron chi connectivity index (χ2n) is 7.90. The van der Waals surface area contributed by atoms with Gasteiger partial charge in [0.25, 0.3) is 0 Å². The smallest absolute Gasteiger partial charge is 0.241 e. The molecule has 0 saturated heterocycles. The summed E-state index contributed by atoms with van der Waals surface area (Å²) in [6, 6.07) is 12.5. The number of nitrogens with one attached hydrogen (secondary N) is 2. The first-order valence-electron chi connectivity index (χ1n) is 10.0. The molecule has 1 aliphatic rings. The van der Waals surface area contributed by atoms with Gasteiger partial charge >= 0.3 is 0 Å². The van der Waals surface area contributed by atoms with E-state index in [1.165, 1.54) is 12.1 Å². The average Bonchev–Trinajstić information content (AvgIpc) is 3.12. The summed E-state index contributed by atoms with van der Waals surface area (Å²) >= 11 is 0.